The summed E-state index contributed by atoms with van der Waals surface area (Å²) in [6.45, 7) is 0. The number of aryl methyl sites for hydroxylation is 1. The maximum atomic E-state index is 4.95. The molecule has 2 nitrogen and oxygen atoms in total. The van der Waals surface area contributed by atoms with Crippen LogP contribution < -0.4 is 0 Å². The van der Waals surface area contributed by atoms with Crippen LogP contribution in [0.5, 0.6) is 0 Å². The summed E-state index contributed by atoms with van der Waals surface area (Å²) < 4.78 is 2.45. The average Bonchev–Trinajstić information content (AvgIpc) is 1.95. The van der Waals surface area contributed by atoms with Crippen molar-refractivity contribution in [3.63, 3.8) is 0 Å². The van der Waals surface area contributed by atoms with Crippen LogP contribution in [0.2, 0.25) is 0 Å². The van der Waals surface area contributed by atoms with Gasteiger partial charge in [0.05, 0.1) is 0 Å². The largest absolute Gasteiger partial charge is 0.327 e. The van der Waals surface area contributed by atoms with E-state index in [1.165, 1.54) is 0 Å². The molecule has 0 aromatic carbocycles. The predicted molar refractivity (Wildman–Crippen MR) is 45.8 cm³/mol. The SMILES string of the molecule is CSc1ccn(C)c(=S)n1. The minimum absolute atomic E-state index is 0.631. The first-order valence-electron chi connectivity index (χ1n) is 2.81. The number of thioether (sulfide) groups is 1. The second-order valence-electron chi connectivity index (χ2n) is 1.86. The van der Waals surface area contributed by atoms with Gasteiger partial charge < -0.3 is 4.57 Å². The lowest BCUT2D eigenvalue weighted by Crippen LogP contribution is -1.94. The van der Waals surface area contributed by atoms with Crippen molar-refractivity contribution in [1.82, 2.24) is 9.55 Å². The topological polar surface area (TPSA) is 17.8 Å². The fourth-order valence-corrected chi connectivity index (χ4v) is 1.16. The zero-order valence-corrected chi connectivity index (χ0v) is 7.50. The Morgan fingerprint density at radius 2 is 2.40 bits per heavy atom. The lowest BCUT2D eigenvalue weighted by Gasteiger charge is -1.97. The summed E-state index contributed by atoms with van der Waals surface area (Å²) in [5, 5.41) is 0.975. The van der Waals surface area contributed by atoms with Crippen LogP contribution >= 0.6 is 24.0 Å². The zero-order valence-electron chi connectivity index (χ0n) is 5.87. The minimum Gasteiger partial charge on any atom is -0.327 e. The molecule has 10 heavy (non-hydrogen) atoms. The Hall–Kier alpha value is -0.350. The molecule has 0 aliphatic carbocycles. The van der Waals surface area contributed by atoms with Crippen LogP contribution in [-0.2, 0) is 7.05 Å². The summed E-state index contributed by atoms with van der Waals surface area (Å²) in [6, 6.07) is 1.94. The number of hydrogen-bond acceptors (Lipinski definition) is 3. The first-order chi connectivity index (χ1) is 4.74. The Morgan fingerprint density at radius 3 is 2.90 bits per heavy atom. The highest BCUT2D eigenvalue weighted by molar-refractivity contribution is 7.98. The van der Waals surface area contributed by atoms with Gasteiger partial charge >= 0.3 is 0 Å². The monoisotopic (exact) mass is 172 g/mol. The van der Waals surface area contributed by atoms with Crippen LogP contribution in [0.1, 0.15) is 0 Å². The number of rotatable bonds is 1. The van der Waals surface area contributed by atoms with Crippen LogP contribution in [0, 0.1) is 4.77 Å². The molecule has 0 unspecified atom stereocenters. The van der Waals surface area contributed by atoms with E-state index in [4.69, 9.17) is 12.2 Å². The Morgan fingerprint density at radius 1 is 1.70 bits per heavy atom. The molecule has 1 rings (SSSR count). The van der Waals surface area contributed by atoms with E-state index >= 15 is 0 Å². The van der Waals surface area contributed by atoms with Gasteiger partial charge in [-0.15, -0.1) is 11.8 Å². The van der Waals surface area contributed by atoms with Crippen LogP contribution in [0.15, 0.2) is 17.3 Å². The molecule has 0 saturated heterocycles. The quantitative estimate of drug-likeness (QED) is 0.366. The molecule has 0 bridgehead atoms. The third kappa shape index (κ3) is 1.58. The molecular weight excluding hydrogens is 164 g/mol. The van der Waals surface area contributed by atoms with Crippen molar-refractivity contribution in [3.05, 3.63) is 17.0 Å². The first kappa shape index (κ1) is 7.75. The summed E-state index contributed by atoms with van der Waals surface area (Å²) in [7, 11) is 1.89. The summed E-state index contributed by atoms with van der Waals surface area (Å²) in [5.41, 5.74) is 0. The highest BCUT2D eigenvalue weighted by Crippen LogP contribution is 2.08. The molecule has 0 amide bonds. The van der Waals surface area contributed by atoms with Crippen molar-refractivity contribution in [2.24, 2.45) is 7.05 Å². The Bertz CT molecular complexity index is 279. The van der Waals surface area contributed by atoms with E-state index in [0.29, 0.717) is 4.77 Å². The van der Waals surface area contributed by atoms with E-state index in [-0.39, 0.29) is 0 Å². The van der Waals surface area contributed by atoms with Crippen LogP contribution in [0.25, 0.3) is 0 Å². The minimum atomic E-state index is 0.631. The molecule has 0 aliphatic rings. The van der Waals surface area contributed by atoms with Gasteiger partial charge in [0.25, 0.3) is 0 Å². The fourth-order valence-electron chi connectivity index (χ4n) is 0.563. The predicted octanol–water partition coefficient (Wildman–Crippen LogP) is 1.87. The highest BCUT2D eigenvalue weighted by atomic mass is 32.2. The van der Waals surface area contributed by atoms with Crippen molar-refractivity contribution in [2.45, 2.75) is 5.03 Å². The Kier molecular flexibility index (Phi) is 2.45. The highest BCUT2D eigenvalue weighted by Gasteiger charge is 1.89. The van der Waals surface area contributed by atoms with Crippen molar-refractivity contribution >= 4 is 24.0 Å². The number of aromatic nitrogens is 2. The van der Waals surface area contributed by atoms with E-state index in [1.807, 2.05) is 30.1 Å². The molecule has 0 saturated carbocycles. The maximum absolute atomic E-state index is 4.95. The summed E-state index contributed by atoms with van der Waals surface area (Å²) in [5.74, 6) is 0. The van der Waals surface area contributed by atoms with Gasteiger partial charge in [-0.1, -0.05) is 0 Å². The Labute approximate surface area is 69.3 Å². The molecule has 54 valence electrons. The van der Waals surface area contributed by atoms with E-state index < -0.39 is 0 Å². The van der Waals surface area contributed by atoms with Crippen molar-refractivity contribution in [1.29, 1.82) is 0 Å². The summed E-state index contributed by atoms with van der Waals surface area (Å²) >= 11 is 6.55. The van der Waals surface area contributed by atoms with Gasteiger partial charge in [-0.3, -0.25) is 0 Å². The van der Waals surface area contributed by atoms with Crippen molar-refractivity contribution < 1.29 is 0 Å². The molecular formula is C6H8N2S2. The standard InChI is InChI=1S/C6H8N2S2/c1-8-4-3-5(10-2)7-6(8)9/h3-4H,1-2H3. The van der Waals surface area contributed by atoms with E-state index in [0.717, 1.165) is 5.03 Å². The zero-order chi connectivity index (χ0) is 7.56. The molecule has 0 radical (unpaired) electrons. The second-order valence-corrected chi connectivity index (χ2v) is 3.06. The van der Waals surface area contributed by atoms with Gasteiger partial charge in [-0.25, -0.2) is 4.98 Å². The molecule has 0 N–H and O–H groups in total. The normalized spacial score (nSPS) is 9.80. The molecule has 0 atom stereocenters. The first-order valence-corrected chi connectivity index (χ1v) is 4.45. The van der Waals surface area contributed by atoms with E-state index in [2.05, 4.69) is 4.98 Å². The van der Waals surface area contributed by atoms with Gasteiger partial charge in [-0.2, -0.15) is 0 Å². The lowest BCUT2D eigenvalue weighted by atomic mass is 10.7. The van der Waals surface area contributed by atoms with E-state index in [9.17, 15) is 0 Å². The molecule has 1 aromatic heterocycles. The maximum Gasteiger partial charge on any atom is 0.200 e. The summed E-state index contributed by atoms with van der Waals surface area (Å²) in [4.78, 5) is 4.13. The van der Waals surface area contributed by atoms with Crippen LogP contribution in [0.4, 0.5) is 0 Å². The second kappa shape index (κ2) is 3.16. The van der Waals surface area contributed by atoms with E-state index in [1.54, 1.807) is 11.8 Å². The average molecular weight is 172 g/mol. The van der Waals surface area contributed by atoms with Gasteiger partial charge in [0.1, 0.15) is 5.03 Å². The Balaban J connectivity index is 3.17. The number of nitrogens with zero attached hydrogens (tertiary/aromatic N) is 2. The molecule has 4 heteroatoms. The van der Waals surface area contributed by atoms with Gasteiger partial charge in [0, 0.05) is 13.2 Å². The van der Waals surface area contributed by atoms with Gasteiger partial charge in [-0.05, 0) is 24.5 Å². The van der Waals surface area contributed by atoms with Crippen molar-refractivity contribution in [2.75, 3.05) is 6.26 Å². The van der Waals surface area contributed by atoms with Gasteiger partial charge in [0.2, 0.25) is 0 Å². The van der Waals surface area contributed by atoms with Gasteiger partial charge in [0.15, 0.2) is 4.77 Å². The third-order valence-electron chi connectivity index (χ3n) is 1.16. The molecule has 0 spiro atoms. The molecule has 1 heterocycles. The van der Waals surface area contributed by atoms with Crippen LogP contribution in [-0.4, -0.2) is 15.8 Å². The number of hydrogen-bond donors (Lipinski definition) is 0. The molecule has 1 aromatic rings. The third-order valence-corrected chi connectivity index (χ3v) is 2.18. The molecule has 0 aliphatic heterocycles. The lowest BCUT2D eigenvalue weighted by molar-refractivity contribution is 0.814. The smallest absolute Gasteiger partial charge is 0.200 e. The fraction of sp³-hybridized carbons (Fsp3) is 0.333. The van der Waals surface area contributed by atoms with Crippen LogP contribution in [0.3, 0.4) is 0 Å². The summed E-state index contributed by atoms with van der Waals surface area (Å²) in [6.07, 6.45) is 3.90. The molecule has 0 fully saturated rings. The van der Waals surface area contributed by atoms with Crippen molar-refractivity contribution in [3.8, 4) is 0 Å².